The number of nitrogens with zero attached hydrogens (tertiary/aromatic N) is 1. The minimum atomic E-state index is 0.0719. The monoisotopic (exact) mass is 141 g/mol. The van der Waals surface area contributed by atoms with Crippen LogP contribution in [-0.4, -0.2) is 16.8 Å². The van der Waals surface area contributed by atoms with E-state index >= 15 is 0 Å². The van der Waals surface area contributed by atoms with E-state index in [1.54, 1.807) is 0 Å². The van der Waals surface area contributed by atoms with E-state index < -0.39 is 0 Å². The van der Waals surface area contributed by atoms with Crippen molar-refractivity contribution >= 4 is 17.5 Å². The highest BCUT2D eigenvalue weighted by Crippen LogP contribution is 2.21. The van der Waals surface area contributed by atoms with E-state index in [0.717, 1.165) is 6.42 Å². The zero-order valence-corrected chi connectivity index (χ0v) is 5.78. The number of carbonyl (C=O) groups is 1. The number of nitriles is 1. The third-order valence-corrected chi connectivity index (χ3v) is 2.51. The molecule has 0 aromatic rings. The van der Waals surface area contributed by atoms with Gasteiger partial charge in [-0.3, -0.25) is 4.79 Å². The fraction of sp³-hybridized carbons (Fsp3) is 0.667. The third kappa shape index (κ3) is 1.72. The fourth-order valence-corrected chi connectivity index (χ4v) is 1.63. The molecule has 1 aliphatic rings. The van der Waals surface area contributed by atoms with Crippen LogP contribution in [0.3, 0.4) is 0 Å². The van der Waals surface area contributed by atoms with Crippen LogP contribution in [0.2, 0.25) is 0 Å². The molecule has 0 aromatic carbocycles. The summed E-state index contributed by atoms with van der Waals surface area (Å²) in [5, 5.41) is 8.47. The number of carbonyl (C=O) groups excluding carboxylic acids is 1. The van der Waals surface area contributed by atoms with Crippen molar-refractivity contribution in [3.05, 3.63) is 0 Å². The molecule has 1 aliphatic heterocycles. The Balaban J connectivity index is 2.37. The van der Waals surface area contributed by atoms with E-state index in [1.807, 2.05) is 0 Å². The van der Waals surface area contributed by atoms with Gasteiger partial charge in [-0.15, -0.1) is 11.8 Å². The van der Waals surface area contributed by atoms with E-state index in [0.29, 0.717) is 12.2 Å². The van der Waals surface area contributed by atoms with Crippen LogP contribution < -0.4 is 0 Å². The summed E-state index contributed by atoms with van der Waals surface area (Å²) in [6.45, 7) is 0. The van der Waals surface area contributed by atoms with Gasteiger partial charge in [0, 0.05) is 6.42 Å². The first-order valence-electron chi connectivity index (χ1n) is 2.86. The molecule has 1 rings (SSSR count). The maximum Gasteiger partial charge on any atom is 0.142 e. The van der Waals surface area contributed by atoms with Gasteiger partial charge in [0.05, 0.1) is 17.1 Å². The Morgan fingerprint density at radius 1 is 1.78 bits per heavy atom. The molecular formula is C6H7NOS. The first-order chi connectivity index (χ1) is 4.33. The molecule has 0 bridgehead atoms. The second-order valence-corrected chi connectivity index (χ2v) is 3.20. The normalized spacial score (nSPS) is 27.4. The average molecular weight is 141 g/mol. The molecule has 1 unspecified atom stereocenters. The molecule has 9 heavy (non-hydrogen) atoms. The standard InChI is InChI=1S/C6H7NOS/c7-3-6-2-1-5(8)4-9-6/h6H,1-2,4H2. The third-order valence-electron chi connectivity index (χ3n) is 1.27. The number of hydrogen-bond donors (Lipinski definition) is 0. The van der Waals surface area contributed by atoms with Crippen molar-refractivity contribution in [1.29, 1.82) is 5.26 Å². The van der Waals surface area contributed by atoms with Gasteiger partial charge in [0.2, 0.25) is 0 Å². The van der Waals surface area contributed by atoms with Gasteiger partial charge >= 0.3 is 0 Å². The second kappa shape index (κ2) is 2.88. The molecule has 0 amide bonds. The summed E-state index contributed by atoms with van der Waals surface area (Å²) >= 11 is 1.46. The first-order valence-corrected chi connectivity index (χ1v) is 3.90. The fourth-order valence-electron chi connectivity index (χ4n) is 0.743. The second-order valence-electron chi connectivity index (χ2n) is 2.01. The van der Waals surface area contributed by atoms with Crippen LogP contribution in [0, 0.1) is 11.3 Å². The predicted octanol–water partition coefficient (Wildman–Crippen LogP) is 0.975. The van der Waals surface area contributed by atoms with Crippen molar-refractivity contribution in [2.45, 2.75) is 18.1 Å². The number of rotatable bonds is 0. The van der Waals surface area contributed by atoms with Crippen molar-refractivity contribution in [3.8, 4) is 6.07 Å². The quantitative estimate of drug-likeness (QED) is 0.504. The number of thioether (sulfide) groups is 1. The molecule has 1 heterocycles. The molecule has 0 radical (unpaired) electrons. The topological polar surface area (TPSA) is 40.9 Å². The van der Waals surface area contributed by atoms with E-state index in [9.17, 15) is 4.79 Å². The maximum absolute atomic E-state index is 10.6. The molecule has 0 spiro atoms. The molecule has 3 heteroatoms. The number of ketones is 1. The highest BCUT2D eigenvalue weighted by atomic mass is 32.2. The van der Waals surface area contributed by atoms with Gasteiger partial charge in [-0.05, 0) is 6.42 Å². The largest absolute Gasteiger partial charge is 0.299 e. The van der Waals surface area contributed by atoms with Crippen molar-refractivity contribution in [2.75, 3.05) is 5.75 Å². The highest BCUT2D eigenvalue weighted by molar-refractivity contribution is 8.00. The van der Waals surface area contributed by atoms with Crippen LogP contribution in [0.5, 0.6) is 0 Å². The zero-order chi connectivity index (χ0) is 6.69. The van der Waals surface area contributed by atoms with Crippen LogP contribution in [0.4, 0.5) is 0 Å². The maximum atomic E-state index is 10.6. The van der Waals surface area contributed by atoms with Gasteiger partial charge < -0.3 is 0 Å². The van der Waals surface area contributed by atoms with Crippen LogP contribution in [0.15, 0.2) is 0 Å². The van der Waals surface area contributed by atoms with Gasteiger partial charge in [-0.1, -0.05) is 0 Å². The Labute approximate surface area is 58.2 Å². The summed E-state index contributed by atoms with van der Waals surface area (Å²) in [6.07, 6.45) is 1.35. The molecule has 0 saturated carbocycles. The Morgan fingerprint density at radius 3 is 3.00 bits per heavy atom. The number of hydrogen-bond acceptors (Lipinski definition) is 3. The molecule has 0 aromatic heterocycles. The lowest BCUT2D eigenvalue weighted by molar-refractivity contribution is -0.116. The van der Waals surface area contributed by atoms with Gasteiger partial charge in [-0.25, -0.2) is 0 Å². The summed E-state index contributed by atoms with van der Waals surface area (Å²) < 4.78 is 0. The average Bonchev–Trinajstić information content (AvgIpc) is 1.90. The van der Waals surface area contributed by atoms with Gasteiger partial charge in [0.25, 0.3) is 0 Å². The SMILES string of the molecule is N#CC1CCC(=O)CS1. The van der Waals surface area contributed by atoms with Gasteiger partial charge in [0.15, 0.2) is 0 Å². The van der Waals surface area contributed by atoms with Gasteiger partial charge in [0.1, 0.15) is 5.78 Å². The predicted molar refractivity (Wildman–Crippen MR) is 36.1 cm³/mol. The van der Waals surface area contributed by atoms with E-state index in [-0.39, 0.29) is 11.0 Å². The molecule has 0 N–H and O–H groups in total. The molecule has 48 valence electrons. The molecular weight excluding hydrogens is 134 g/mol. The van der Waals surface area contributed by atoms with E-state index in [4.69, 9.17) is 5.26 Å². The lowest BCUT2D eigenvalue weighted by Gasteiger charge is -2.12. The van der Waals surface area contributed by atoms with Gasteiger partial charge in [-0.2, -0.15) is 5.26 Å². The lowest BCUT2D eigenvalue weighted by atomic mass is 10.2. The molecule has 2 nitrogen and oxygen atoms in total. The number of Topliss-reactive ketones (excluding diaryl/α,β-unsaturated/α-hetero) is 1. The van der Waals surface area contributed by atoms with E-state index in [2.05, 4.69) is 6.07 Å². The van der Waals surface area contributed by atoms with E-state index in [1.165, 1.54) is 11.8 Å². The molecule has 1 atom stereocenters. The minimum absolute atomic E-state index is 0.0719. The summed E-state index contributed by atoms with van der Waals surface area (Å²) in [7, 11) is 0. The zero-order valence-electron chi connectivity index (χ0n) is 4.96. The first kappa shape index (κ1) is 6.63. The van der Waals surface area contributed by atoms with Crippen LogP contribution in [-0.2, 0) is 4.79 Å². The summed E-state index contributed by atoms with van der Waals surface area (Å²) in [5.74, 6) is 0.824. The minimum Gasteiger partial charge on any atom is -0.299 e. The lowest BCUT2D eigenvalue weighted by Crippen LogP contribution is -2.15. The van der Waals surface area contributed by atoms with Crippen LogP contribution >= 0.6 is 11.8 Å². The highest BCUT2D eigenvalue weighted by Gasteiger charge is 2.17. The van der Waals surface area contributed by atoms with Crippen LogP contribution in [0.1, 0.15) is 12.8 Å². The Kier molecular flexibility index (Phi) is 2.12. The van der Waals surface area contributed by atoms with Crippen molar-refractivity contribution in [2.24, 2.45) is 0 Å². The smallest absolute Gasteiger partial charge is 0.142 e. The van der Waals surface area contributed by atoms with Crippen molar-refractivity contribution < 1.29 is 4.79 Å². The summed E-state index contributed by atoms with van der Waals surface area (Å²) in [6, 6.07) is 2.14. The molecule has 1 saturated heterocycles. The Hall–Kier alpha value is -0.490. The molecule has 1 fully saturated rings. The van der Waals surface area contributed by atoms with Crippen molar-refractivity contribution in [1.82, 2.24) is 0 Å². The Bertz CT molecular complexity index is 151. The summed E-state index contributed by atoms with van der Waals surface area (Å²) in [4.78, 5) is 10.6. The van der Waals surface area contributed by atoms with Crippen molar-refractivity contribution in [3.63, 3.8) is 0 Å². The summed E-state index contributed by atoms with van der Waals surface area (Å²) in [5.41, 5.74) is 0. The molecule has 0 aliphatic carbocycles. The van der Waals surface area contributed by atoms with Crippen LogP contribution in [0.25, 0.3) is 0 Å². The Morgan fingerprint density at radius 2 is 2.56 bits per heavy atom.